The van der Waals surface area contributed by atoms with E-state index in [4.69, 9.17) is 14.2 Å². The van der Waals surface area contributed by atoms with Crippen molar-refractivity contribution in [1.82, 2.24) is 19.9 Å². The molecule has 2 aromatic rings. The maximum atomic E-state index is 11.5. The number of carbonyl (C=O) groups excluding carboxylic acids is 2. The molecule has 3 rings (SSSR count). The van der Waals surface area contributed by atoms with Crippen LogP contribution in [0.25, 0.3) is 0 Å². The molecule has 2 amide bonds. The molecule has 178 valence electrons. The number of ether oxygens (including phenoxy) is 3. The third kappa shape index (κ3) is 6.89. The molecule has 0 saturated carbocycles. The highest BCUT2D eigenvalue weighted by Gasteiger charge is 2.24. The molecule has 13 heteroatoms. The van der Waals surface area contributed by atoms with E-state index >= 15 is 0 Å². The molecule has 1 fully saturated rings. The third-order valence-electron chi connectivity index (χ3n) is 4.15. The quantitative estimate of drug-likeness (QED) is 0.512. The SMILES string of the molecule is CCOc1nc(N2CCOCC2)nc(OCC)c1Sc1nc(NC(C)=O)cc(NC(C)=O)n1. The molecule has 2 aromatic heterocycles. The summed E-state index contributed by atoms with van der Waals surface area (Å²) >= 11 is 1.12. The van der Waals surface area contributed by atoms with Gasteiger partial charge in [-0.25, -0.2) is 9.97 Å². The van der Waals surface area contributed by atoms with Crippen molar-refractivity contribution in [2.24, 2.45) is 0 Å². The first-order valence-corrected chi connectivity index (χ1v) is 11.3. The number of morpholine rings is 1. The summed E-state index contributed by atoms with van der Waals surface area (Å²) in [6, 6.07) is 1.47. The van der Waals surface area contributed by atoms with Gasteiger partial charge in [-0.15, -0.1) is 0 Å². The molecule has 2 N–H and O–H groups in total. The Morgan fingerprint density at radius 3 is 1.94 bits per heavy atom. The number of rotatable bonds is 9. The first-order chi connectivity index (χ1) is 15.9. The van der Waals surface area contributed by atoms with Gasteiger partial charge in [0.15, 0.2) is 5.16 Å². The molecule has 0 radical (unpaired) electrons. The van der Waals surface area contributed by atoms with Crippen LogP contribution in [-0.4, -0.2) is 71.3 Å². The van der Waals surface area contributed by atoms with E-state index in [9.17, 15) is 9.59 Å². The number of anilines is 3. The van der Waals surface area contributed by atoms with Gasteiger partial charge >= 0.3 is 0 Å². The van der Waals surface area contributed by atoms with Crippen LogP contribution in [0.5, 0.6) is 11.8 Å². The molecule has 0 spiro atoms. The minimum Gasteiger partial charge on any atom is -0.477 e. The Balaban J connectivity index is 2.03. The summed E-state index contributed by atoms with van der Waals surface area (Å²) in [6.07, 6.45) is 0. The van der Waals surface area contributed by atoms with Gasteiger partial charge in [-0.1, -0.05) is 0 Å². The fourth-order valence-electron chi connectivity index (χ4n) is 2.91. The topological polar surface area (TPSA) is 141 Å². The molecule has 0 atom stereocenters. The number of hydrogen-bond acceptors (Lipinski definition) is 11. The van der Waals surface area contributed by atoms with Crippen LogP contribution in [0.2, 0.25) is 0 Å². The summed E-state index contributed by atoms with van der Waals surface area (Å²) in [4.78, 5) is 43.5. The summed E-state index contributed by atoms with van der Waals surface area (Å²) in [5, 5.41) is 5.46. The summed E-state index contributed by atoms with van der Waals surface area (Å²) in [5.74, 6) is 1.02. The standard InChI is InChI=1S/C20H27N7O5S/c1-5-31-17-16(18(32-6-2)26-19(25-17)27-7-9-30-10-8-27)33-20-23-14(21-12(3)28)11-15(24-20)22-13(4)29/h11H,5-10H2,1-4H3,(H2,21,22,23,24,28,29). The fraction of sp³-hybridized carbons (Fsp3) is 0.500. The lowest BCUT2D eigenvalue weighted by Crippen LogP contribution is -2.37. The van der Waals surface area contributed by atoms with Gasteiger partial charge in [0, 0.05) is 33.0 Å². The van der Waals surface area contributed by atoms with Crippen LogP contribution < -0.4 is 25.0 Å². The summed E-state index contributed by atoms with van der Waals surface area (Å²) in [5.41, 5.74) is 0. The molecule has 12 nitrogen and oxygen atoms in total. The van der Waals surface area contributed by atoms with E-state index in [1.807, 2.05) is 18.7 Å². The third-order valence-corrected chi connectivity index (χ3v) is 5.07. The lowest BCUT2D eigenvalue weighted by atomic mass is 10.4. The Labute approximate surface area is 195 Å². The highest BCUT2D eigenvalue weighted by atomic mass is 32.2. The van der Waals surface area contributed by atoms with Crippen molar-refractivity contribution in [3.8, 4) is 11.8 Å². The van der Waals surface area contributed by atoms with Gasteiger partial charge in [0.25, 0.3) is 0 Å². The van der Waals surface area contributed by atoms with Crippen LogP contribution in [0, 0.1) is 0 Å². The normalized spacial score (nSPS) is 13.4. The predicted molar refractivity (Wildman–Crippen MR) is 122 cm³/mol. The van der Waals surface area contributed by atoms with E-state index in [1.165, 1.54) is 19.9 Å². The number of aromatic nitrogens is 4. The second kappa shape index (κ2) is 11.6. The molecule has 0 unspecified atom stereocenters. The van der Waals surface area contributed by atoms with Gasteiger partial charge < -0.3 is 29.7 Å². The molecule has 1 saturated heterocycles. The molecular formula is C20H27N7O5S. The van der Waals surface area contributed by atoms with Gasteiger partial charge in [0.1, 0.15) is 16.5 Å². The summed E-state index contributed by atoms with van der Waals surface area (Å²) < 4.78 is 17.0. The molecule has 33 heavy (non-hydrogen) atoms. The number of carbonyl (C=O) groups is 2. The van der Waals surface area contributed by atoms with E-state index in [0.29, 0.717) is 62.1 Å². The zero-order chi connectivity index (χ0) is 23.8. The number of nitrogens with one attached hydrogen (secondary N) is 2. The minimum absolute atomic E-state index is 0.241. The molecule has 1 aliphatic heterocycles. The highest BCUT2D eigenvalue weighted by molar-refractivity contribution is 7.99. The second-order valence-corrected chi connectivity index (χ2v) is 7.79. The highest BCUT2D eigenvalue weighted by Crippen LogP contribution is 2.40. The summed E-state index contributed by atoms with van der Waals surface area (Å²) in [6.45, 7) is 9.69. The Morgan fingerprint density at radius 2 is 1.48 bits per heavy atom. The Bertz CT molecular complexity index is 940. The van der Waals surface area contributed by atoms with Crippen LogP contribution in [0.1, 0.15) is 27.7 Å². The van der Waals surface area contributed by atoms with Crippen LogP contribution in [0.4, 0.5) is 17.6 Å². The van der Waals surface area contributed by atoms with Gasteiger partial charge in [-0.3, -0.25) is 9.59 Å². The minimum atomic E-state index is -0.304. The number of hydrogen-bond donors (Lipinski definition) is 2. The average Bonchev–Trinajstić information content (AvgIpc) is 2.75. The van der Waals surface area contributed by atoms with Crippen molar-refractivity contribution in [3.63, 3.8) is 0 Å². The van der Waals surface area contributed by atoms with Gasteiger partial charge in [0.05, 0.1) is 26.4 Å². The smallest absolute Gasteiger partial charge is 0.236 e. The largest absolute Gasteiger partial charge is 0.477 e. The van der Waals surface area contributed by atoms with Crippen molar-refractivity contribution in [1.29, 1.82) is 0 Å². The molecule has 3 heterocycles. The van der Waals surface area contributed by atoms with Crippen molar-refractivity contribution in [3.05, 3.63) is 6.07 Å². The first-order valence-electron chi connectivity index (χ1n) is 10.5. The molecular weight excluding hydrogens is 450 g/mol. The zero-order valence-electron chi connectivity index (χ0n) is 19.0. The van der Waals surface area contributed by atoms with Gasteiger partial charge in [-0.2, -0.15) is 9.97 Å². The van der Waals surface area contributed by atoms with Crippen LogP contribution >= 0.6 is 11.8 Å². The van der Waals surface area contributed by atoms with Crippen LogP contribution in [0.15, 0.2) is 16.1 Å². The number of amides is 2. The van der Waals surface area contributed by atoms with Crippen molar-refractivity contribution >= 4 is 41.2 Å². The predicted octanol–water partition coefficient (Wildman–Crippen LogP) is 1.97. The average molecular weight is 478 g/mol. The van der Waals surface area contributed by atoms with Gasteiger partial charge in [-0.05, 0) is 25.6 Å². The van der Waals surface area contributed by atoms with Crippen LogP contribution in [-0.2, 0) is 14.3 Å². The van der Waals surface area contributed by atoms with Gasteiger partial charge in [0.2, 0.25) is 29.5 Å². The van der Waals surface area contributed by atoms with E-state index in [0.717, 1.165) is 11.8 Å². The van der Waals surface area contributed by atoms with Crippen molar-refractivity contribution in [2.75, 3.05) is 55.1 Å². The lowest BCUT2D eigenvalue weighted by Gasteiger charge is -2.27. The molecule has 1 aliphatic rings. The molecule has 0 aromatic carbocycles. The van der Waals surface area contributed by atoms with E-state index in [-0.39, 0.29) is 28.6 Å². The second-order valence-electron chi connectivity index (χ2n) is 6.81. The lowest BCUT2D eigenvalue weighted by molar-refractivity contribution is -0.115. The van der Waals surface area contributed by atoms with Crippen LogP contribution in [0.3, 0.4) is 0 Å². The van der Waals surface area contributed by atoms with E-state index in [1.54, 1.807) is 0 Å². The van der Waals surface area contributed by atoms with E-state index in [2.05, 4.69) is 30.6 Å². The maximum Gasteiger partial charge on any atom is 0.236 e. The Morgan fingerprint density at radius 1 is 0.970 bits per heavy atom. The maximum absolute atomic E-state index is 11.5. The Hall–Kier alpha value is -3.19. The Kier molecular flexibility index (Phi) is 8.60. The summed E-state index contributed by atoms with van der Waals surface area (Å²) in [7, 11) is 0. The monoisotopic (exact) mass is 477 g/mol. The molecule has 0 aliphatic carbocycles. The number of nitrogens with zero attached hydrogens (tertiary/aromatic N) is 5. The van der Waals surface area contributed by atoms with Crippen molar-refractivity contribution < 1.29 is 23.8 Å². The fourth-order valence-corrected chi connectivity index (χ4v) is 3.77. The molecule has 0 bridgehead atoms. The first kappa shape index (κ1) is 24.5. The zero-order valence-corrected chi connectivity index (χ0v) is 19.8. The van der Waals surface area contributed by atoms with Crippen molar-refractivity contribution in [2.45, 2.75) is 37.7 Å². The van der Waals surface area contributed by atoms with E-state index < -0.39 is 0 Å².